The van der Waals surface area contributed by atoms with E-state index < -0.39 is 41.7 Å². The zero-order valence-electron chi connectivity index (χ0n) is 20.4. The SMILES string of the molecule is CCC(C(=O)OCC(F)(F)F)C(C)(C)OC(=O)C(C)(CC(C)(C)CC)C(C)(C)CC. The molecule has 30 heavy (non-hydrogen) atoms. The molecule has 0 aliphatic carbocycles. The molecular formula is C23H41F3O4. The van der Waals surface area contributed by atoms with Gasteiger partial charge in [-0.2, -0.15) is 13.2 Å². The van der Waals surface area contributed by atoms with E-state index in [0.29, 0.717) is 6.42 Å². The molecule has 0 aromatic heterocycles. The van der Waals surface area contributed by atoms with Gasteiger partial charge in [-0.3, -0.25) is 9.59 Å². The molecule has 0 amide bonds. The quantitative estimate of drug-likeness (QED) is 0.337. The van der Waals surface area contributed by atoms with Gasteiger partial charge >= 0.3 is 18.1 Å². The van der Waals surface area contributed by atoms with Crippen LogP contribution in [0.2, 0.25) is 0 Å². The molecule has 0 rings (SSSR count). The first kappa shape index (κ1) is 28.7. The lowest BCUT2D eigenvalue weighted by molar-refractivity contribution is -0.201. The molecule has 0 spiro atoms. The van der Waals surface area contributed by atoms with Gasteiger partial charge < -0.3 is 9.47 Å². The minimum atomic E-state index is -4.61. The molecule has 0 fully saturated rings. The van der Waals surface area contributed by atoms with Gasteiger partial charge in [0, 0.05) is 0 Å². The van der Waals surface area contributed by atoms with Crippen LogP contribution in [-0.2, 0) is 19.1 Å². The number of esters is 2. The van der Waals surface area contributed by atoms with Crippen molar-refractivity contribution >= 4 is 11.9 Å². The zero-order valence-corrected chi connectivity index (χ0v) is 20.4. The zero-order chi connectivity index (χ0) is 24.2. The molecule has 2 atom stereocenters. The van der Waals surface area contributed by atoms with Crippen LogP contribution in [0.25, 0.3) is 0 Å². The Morgan fingerprint density at radius 2 is 1.37 bits per heavy atom. The Balaban J connectivity index is 5.80. The van der Waals surface area contributed by atoms with Crippen molar-refractivity contribution in [1.82, 2.24) is 0 Å². The predicted octanol–water partition coefficient (Wildman–Crippen LogP) is 6.71. The molecule has 0 saturated heterocycles. The van der Waals surface area contributed by atoms with Crippen LogP contribution in [0.5, 0.6) is 0 Å². The van der Waals surface area contributed by atoms with Gasteiger partial charge in [-0.15, -0.1) is 0 Å². The Morgan fingerprint density at radius 1 is 0.867 bits per heavy atom. The summed E-state index contributed by atoms with van der Waals surface area (Å²) in [5, 5.41) is 0. The summed E-state index contributed by atoms with van der Waals surface area (Å²) in [7, 11) is 0. The van der Waals surface area contributed by atoms with Gasteiger partial charge in [0.15, 0.2) is 6.61 Å². The van der Waals surface area contributed by atoms with Crippen LogP contribution in [0.4, 0.5) is 13.2 Å². The molecule has 0 aromatic rings. The summed E-state index contributed by atoms with van der Waals surface area (Å²) < 4.78 is 47.6. The molecule has 0 aliphatic heterocycles. The summed E-state index contributed by atoms with van der Waals surface area (Å²) in [6.07, 6.45) is -2.22. The fourth-order valence-corrected chi connectivity index (χ4v) is 3.68. The second-order valence-corrected chi connectivity index (χ2v) is 10.4. The van der Waals surface area contributed by atoms with Gasteiger partial charge in [-0.05, 0) is 50.9 Å². The number of halogens is 3. The topological polar surface area (TPSA) is 52.6 Å². The van der Waals surface area contributed by atoms with Gasteiger partial charge in [0.1, 0.15) is 5.60 Å². The van der Waals surface area contributed by atoms with E-state index in [4.69, 9.17) is 4.74 Å². The van der Waals surface area contributed by atoms with Gasteiger partial charge in [0.2, 0.25) is 0 Å². The Labute approximate surface area is 180 Å². The first-order valence-corrected chi connectivity index (χ1v) is 10.8. The van der Waals surface area contributed by atoms with Crippen LogP contribution in [0, 0.1) is 22.2 Å². The first-order valence-electron chi connectivity index (χ1n) is 10.8. The van der Waals surface area contributed by atoms with E-state index >= 15 is 0 Å². The molecule has 0 bridgehead atoms. The molecule has 7 heteroatoms. The Bertz CT molecular complexity index is 594. The lowest BCUT2D eigenvalue weighted by Gasteiger charge is -2.47. The largest absolute Gasteiger partial charge is 0.458 e. The summed E-state index contributed by atoms with van der Waals surface area (Å²) in [5.74, 6) is -2.46. The molecule has 4 nitrogen and oxygen atoms in total. The van der Waals surface area contributed by atoms with E-state index in [1.807, 2.05) is 27.7 Å². The van der Waals surface area contributed by atoms with Crippen molar-refractivity contribution in [2.24, 2.45) is 22.2 Å². The maximum atomic E-state index is 13.5. The molecule has 0 saturated carbocycles. The summed E-state index contributed by atoms with van der Waals surface area (Å²) in [6.45, 7) is 17.3. The fourth-order valence-electron chi connectivity index (χ4n) is 3.68. The number of carbonyl (C=O) groups excluding carboxylic acids is 2. The van der Waals surface area contributed by atoms with Crippen LogP contribution in [-0.4, -0.2) is 30.3 Å². The Hall–Kier alpha value is -1.27. The third kappa shape index (κ3) is 7.45. The summed E-state index contributed by atoms with van der Waals surface area (Å²) in [5.41, 5.74) is -2.64. The van der Waals surface area contributed by atoms with Crippen LogP contribution in [0.15, 0.2) is 0 Å². The normalized spacial score (nSPS) is 16.6. The average Bonchev–Trinajstić information content (AvgIpc) is 2.58. The number of hydrogen-bond acceptors (Lipinski definition) is 4. The standard InChI is InChI=1S/C23H41F3O4/c1-11-16(17(27)29-15-23(24,25)26)21(8,9)30-18(28)22(10,20(6,7)13-3)14-19(4,5)12-2/h16H,11-15H2,1-10H3. The first-order chi connectivity index (χ1) is 13.3. The Kier molecular flexibility index (Phi) is 9.48. The number of rotatable bonds is 11. The molecule has 0 N–H and O–H groups in total. The smallest absolute Gasteiger partial charge is 0.422 e. The maximum Gasteiger partial charge on any atom is 0.422 e. The molecule has 0 radical (unpaired) electrons. The highest BCUT2D eigenvalue weighted by atomic mass is 19.4. The van der Waals surface area contributed by atoms with Crippen LogP contribution in [0.1, 0.15) is 94.9 Å². The van der Waals surface area contributed by atoms with E-state index in [0.717, 1.165) is 12.8 Å². The third-order valence-corrected chi connectivity index (χ3v) is 6.88. The predicted molar refractivity (Wildman–Crippen MR) is 112 cm³/mol. The lowest BCUT2D eigenvalue weighted by atomic mass is 9.58. The summed E-state index contributed by atoms with van der Waals surface area (Å²) in [4.78, 5) is 25.8. The average molecular weight is 439 g/mol. The molecule has 0 aromatic carbocycles. The van der Waals surface area contributed by atoms with Crippen molar-refractivity contribution in [3.8, 4) is 0 Å². The second-order valence-electron chi connectivity index (χ2n) is 10.4. The maximum absolute atomic E-state index is 13.5. The van der Waals surface area contributed by atoms with Crippen LogP contribution >= 0.6 is 0 Å². The van der Waals surface area contributed by atoms with E-state index in [-0.39, 0.29) is 17.3 Å². The molecule has 0 aliphatic rings. The summed E-state index contributed by atoms with van der Waals surface area (Å²) in [6, 6.07) is 0. The van der Waals surface area contributed by atoms with E-state index in [2.05, 4.69) is 25.5 Å². The number of carbonyl (C=O) groups is 2. The van der Waals surface area contributed by atoms with Crippen LogP contribution in [0.3, 0.4) is 0 Å². The van der Waals surface area contributed by atoms with Crippen molar-refractivity contribution in [2.75, 3.05) is 6.61 Å². The Morgan fingerprint density at radius 3 is 1.73 bits per heavy atom. The highest BCUT2D eigenvalue weighted by Gasteiger charge is 2.52. The second kappa shape index (κ2) is 9.90. The van der Waals surface area contributed by atoms with Crippen molar-refractivity contribution in [1.29, 1.82) is 0 Å². The van der Waals surface area contributed by atoms with Gasteiger partial charge in [0.05, 0.1) is 11.3 Å². The van der Waals surface area contributed by atoms with E-state index in [9.17, 15) is 22.8 Å². The fraction of sp³-hybridized carbons (Fsp3) is 0.913. The minimum Gasteiger partial charge on any atom is -0.458 e. The number of ether oxygens (including phenoxy) is 2. The molecular weight excluding hydrogens is 397 g/mol. The molecule has 0 heterocycles. The monoisotopic (exact) mass is 438 g/mol. The van der Waals surface area contributed by atoms with Gasteiger partial charge in [0.25, 0.3) is 0 Å². The van der Waals surface area contributed by atoms with E-state index in [1.54, 1.807) is 20.8 Å². The van der Waals surface area contributed by atoms with Crippen molar-refractivity contribution in [3.63, 3.8) is 0 Å². The lowest BCUT2D eigenvalue weighted by Crippen LogP contribution is -2.50. The number of alkyl halides is 3. The highest BCUT2D eigenvalue weighted by molar-refractivity contribution is 5.79. The highest BCUT2D eigenvalue weighted by Crippen LogP contribution is 2.51. The van der Waals surface area contributed by atoms with Gasteiger partial charge in [-0.1, -0.05) is 54.9 Å². The minimum absolute atomic E-state index is 0.111. The van der Waals surface area contributed by atoms with Crippen molar-refractivity contribution < 1.29 is 32.2 Å². The van der Waals surface area contributed by atoms with Gasteiger partial charge in [-0.25, -0.2) is 0 Å². The van der Waals surface area contributed by atoms with Crippen molar-refractivity contribution in [3.05, 3.63) is 0 Å². The third-order valence-electron chi connectivity index (χ3n) is 6.88. The number of hydrogen-bond donors (Lipinski definition) is 0. The van der Waals surface area contributed by atoms with Crippen LogP contribution < -0.4 is 0 Å². The van der Waals surface area contributed by atoms with Crippen molar-refractivity contribution in [2.45, 2.75) is 107 Å². The molecule has 2 unspecified atom stereocenters. The molecule has 178 valence electrons. The van der Waals surface area contributed by atoms with E-state index in [1.165, 1.54) is 0 Å². The summed E-state index contributed by atoms with van der Waals surface area (Å²) >= 11 is 0.